The van der Waals surface area contributed by atoms with E-state index >= 15 is 0 Å². The Kier molecular flexibility index (Phi) is 4.77. The van der Waals surface area contributed by atoms with Gasteiger partial charge in [-0.2, -0.15) is 4.98 Å². The van der Waals surface area contributed by atoms with Gasteiger partial charge < -0.3 is 9.67 Å². The van der Waals surface area contributed by atoms with Gasteiger partial charge in [0.1, 0.15) is 5.65 Å². The Labute approximate surface area is 118 Å². The van der Waals surface area contributed by atoms with E-state index in [0.717, 1.165) is 29.6 Å². The molecule has 4 nitrogen and oxygen atoms in total. The first kappa shape index (κ1) is 14.3. The maximum absolute atomic E-state index is 9.45. The molecule has 5 heteroatoms. The van der Waals surface area contributed by atoms with E-state index in [-0.39, 0.29) is 11.9 Å². The number of nitrogens with zero attached hydrogens (tertiary/aromatic N) is 3. The van der Waals surface area contributed by atoms with Crippen LogP contribution < -0.4 is 0 Å². The number of aliphatic hydroxyl groups excluding tert-OH is 1. The van der Waals surface area contributed by atoms with Crippen molar-refractivity contribution in [2.45, 2.75) is 52.2 Å². The van der Waals surface area contributed by atoms with Crippen LogP contribution in [-0.4, -0.2) is 19.6 Å². The molecule has 0 spiro atoms. The van der Waals surface area contributed by atoms with E-state index in [4.69, 9.17) is 11.6 Å². The average Bonchev–Trinajstić information content (AvgIpc) is 3.06. The van der Waals surface area contributed by atoms with Crippen LogP contribution in [0.2, 0.25) is 5.28 Å². The average molecular weight is 282 g/mol. The lowest BCUT2D eigenvalue weighted by atomic mass is 10.2. The number of halogens is 1. The Morgan fingerprint density at radius 2 is 2.05 bits per heavy atom. The number of aliphatic hydroxyl groups is 1. The van der Waals surface area contributed by atoms with Gasteiger partial charge in [-0.25, -0.2) is 4.98 Å². The molecule has 19 heavy (non-hydrogen) atoms. The fraction of sp³-hybridized carbons (Fsp3) is 0.571. The topological polar surface area (TPSA) is 50.9 Å². The second-order valence-corrected chi connectivity index (χ2v) is 4.86. The third-order valence-electron chi connectivity index (χ3n) is 3.48. The van der Waals surface area contributed by atoms with Gasteiger partial charge in [-0.05, 0) is 30.5 Å². The minimum absolute atomic E-state index is 0.0322. The lowest BCUT2D eigenvalue weighted by molar-refractivity contribution is 0.267. The number of rotatable bonds is 2. The predicted octanol–water partition coefficient (Wildman–Crippen LogP) is 3.72. The molecule has 104 valence electrons. The zero-order valence-corrected chi connectivity index (χ0v) is 12.2. The van der Waals surface area contributed by atoms with Crippen molar-refractivity contribution in [3.05, 3.63) is 23.2 Å². The van der Waals surface area contributed by atoms with Crippen molar-refractivity contribution >= 4 is 22.6 Å². The van der Waals surface area contributed by atoms with Crippen LogP contribution in [0.25, 0.3) is 11.0 Å². The van der Waals surface area contributed by atoms with Gasteiger partial charge in [0.15, 0.2) is 0 Å². The zero-order chi connectivity index (χ0) is 13.8. The summed E-state index contributed by atoms with van der Waals surface area (Å²) in [5.41, 5.74) is 1.75. The quantitative estimate of drug-likeness (QED) is 0.854. The zero-order valence-electron chi connectivity index (χ0n) is 11.4. The molecule has 1 fully saturated rings. The van der Waals surface area contributed by atoms with E-state index in [9.17, 15) is 5.11 Å². The molecule has 0 amide bonds. The van der Waals surface area contributed by atoms with Gasteiger partial charge in [0.05, 0.1) is 6.61 Å². The second-order valence-electron chi connectivity index (χ2n) is 4.52. The van der Waals surface area contributed by atoms with Crippen molar-refractivity contribution in [3.8, 4) is 0 Å². The van der Waals surface area contributed by atoms with Gasteiger partial charge in [-0.1, -0.05) is 26.7 Å². The Bertz CT molecular complexity index is 547. The highest BCUT2D eigenvalue weighted by atomic mass is 35.5. The molecule has 3 rings (SSSR count). The van der Waals surface area contributed by atoms with Crippen LogP contribution in [-0.2, 0) is 6.61 Å². The van der Waals surface area contributed by atoms with E-state index in [1.54, 1.807) is 6.20 Å². The minimum Gasteiger partial charge on any atom is -0.390 e. The molecule has 1 saturated carbocycles. The van der Waals surface area contributed by atoms with Crippen molar-refractivity contribution in [1.29, 1.82) is 0 Å². The van der Waals surface area contributed by atoms with E-state index in [1.165, 1.54) is 12.8 Å². The molecule has 0 aromatic carbocycles. The first-order chi connectivity index (χ1) is 9.29. The van der Waals surface area contributed by atoms with Crippen molar-refractivity contribution in [2.75, 3.05) is 0 Å². The van der Waals surface area contributed by atoms with Crippen molar-refractivity contribution < 1.29 is 5.11 Å². The number of aromatic nitrogens is 3. The smallest absolute Gasteiger partial charge is 0.224 e. The Balaban J connectivity index is 0.000000637. The van der Waals surface area contributed by atoms with Crippen LogP contribution in [0.4, 0.5) is 0 Å². The fourth-order valence-electron chi connectivity index (χ4n) is 2.73. The fourth-order valence-corrected chi connectivity index (χ4v) is 2.86. The summed E-state index contributed by atoms with van der Waals surface area (Å²) in [5, 5.41) is 10.7. The summed E-state index contributed by atoms with van der Waals surface area (Å²) in [4.78, 5) is 8.28. The van der Waals surface area contributed by atoms with Crippen LogP contribution >= 0.6 is 11.6 Å². The maximum atomic E-state index is 9.45. The Morgan fingerprint density at radius 1 is 1.37 bits per heavy atom. The molecule has 1 aliphatic carbocycles. The third-order valence-corrected chi connectivity index (χ3v) is 3.66. The van der Waals surface area contributed by atoms with Crippen LogP contribution in [0.15, 0.2) is 12.3 Å². The standard InChI is InChI=1S/C12H14ClN3O.C2H6/c13-12-14-6-8-5-10(7-17)16(11(8)15-12)9-3-1-2-4-9;1-2/h5-6,9,17H,1-4,7H2;1-2H3. The number of fused-ring (bicyclic) bond motifs is 1. The van der Waals surface area contributed by atoms with E-state index in [2.05, 4.69) is 14.5 Å². The lowest BCUT2D eigenvalue weighted by Gasteiger charge is -2.15. The largest absolute Gasteiger partial charge is 0.390 e. The molecule has 1 aliphatic rings. The molecule has 0 bridgehead atoms. The summed E-state index contributed by atoms with van der Waals surface area (Å²) in [6, 6.07) is 2.39. The van der Waals surface area contributed by atoms with E-state index in [1.807, 2.05) is 19.9 Å². The molecule has 2 aromatic heterocycles. The summed E-state index contributed by atoms with van der Waals surface area (Å²) < 4.78 is 2.13. The molecule has 0 aliphatic heterocycles. The number of hydrogen-bond donors (Lipinski definition) is 1. The predicted molar refractivity (Wildman–Crippen MR) is 77.3 cm³/mol. The minimum atomic E-state index is 0.0322. The van der Waals surface area contributed by atoms with Gasteiger partial charge in [-0.3, -0.25) is 0 Å². The normalized spacial score (nSPS) is 15.6. The van der Waals surface area contributed by atoms with E-state index < -0.39 is 0 Å². The third kappa shape index (κ3) is 2.74. The molecule has 0 radical (unpaired) electrons. The second kappa shape index (κ2) is 6.35. The summed E-state index contributed by atoms with van der Waals surface area (Å²) in [6.07, 6.45) is 6.51. The van der Waals surface area contributed by atoms with Crippen LogP contribution in [0, 0.1) is 0 Å². The van der Waals surface area contributed by atoms with Crippen LogP contribution in [0.3, 0.4) is 0 Å². The monoisotopic (exact) mass is 281 g/mol. The summed E-state index contributed by atoms with van der Waals surface area (Å²) >= 11 is 5.85. The first-order valence-corrected chi connectivity index (χ1v) is 7.30. The SMILES string of the molecule is CC.OCc1cc2cnc(Cl)nc2n1C1CCCC1. The molecule has 2 aromatic rings. The molecule has 0 saturated heterocycles. The van der Waals surface area contributed by atoms with Gasteiger partial charge >= 0.3 is 0 Å². The van der Waals surface area contributed by atoms with Gasteiger partial charge in [-0.15, -0.1) is 0 Å². The summed E-state index contributed by atoms with van der Waals surface area (Å²) in [7, 11) is 0. The molecule has 0 unspecified atom stereocenters. The lowest BCUT2D eigenvalue weighted by Crippen LogP contribution is -2.09. The van der Waals surface area contributed by atoms with Gasteiger partial charge in [0.2, 0.25) is 5.28 Å². The van der Waals surface area contributed by atoms with Crippen molar-refractivity contribution in [3.63, 3.8) is 0 Å². The highest BCUT2D eigenvalue weighted by molar-refractivity contribution is 6.28. The van der Waals surface area contributed by atoms with E-state index in [0.29, 0.717) is 6.04 Å². The van der Waals surface area contributed by atoms with Crippen LogP contribution in [0.1, 0.15) is 51.3 Å². The Morgan fingerprint density at radius 3 is 2.68 bits per heavy atom. The molecule has 2 heterocycles. The molecule has 0 atom stereocenters. The van der Waals surface area contributed by atoms with Gasteiger partial charge in [0.25, 0.3) is 0 Å². The summed E-state index contributed by atoms with van der Waals surface area (Å²) in [6.45, 7) is 4.03. The van der Waals surface area contributed by atoms with Crippen LogP contribution in [0.5, 0.6) is 0 Å². The maximum Gasteiger partial charge on any atom is 0.224 e. The molecule has 1 N–H and O–H groups in total. The highest BCUT2D eigenvalue weighted by Gasteiger charge is 2.22. The molecular formula is C14H20ClN3O. The van der Waals surface area contributed by atoms with Crippen molar-refractivity contribution in [2.24, 2.45) is 0 Å². The summed E-state index contributed by atoms with van der Waals surface area (Å²) in [5.74, 6) is 0. The van der Waals surface area contributed by atoms with Gasteiger partial charge in [0, 0.05) is 23.3 Å². The number of hydrogen-bond acceptors (Lipinski definition) is 3. The highest BCUT2D eigenvalue weighted by Crippen LogP contribution is 2.34. The Hall–Kier alpha value is -1.13. The first-order valence-electron chi connectivity index (χ1n) is 6.93. The van der Waals surface area contributed by atoms with Crippen molar-refractivity contribution in [1.82, 2.24) is 14.5 Å². The molecular weight excluding hydrogens is 262 g/mol.